The third kappa shape index (κ3) is 6.74. The highest BCUT2D eigenvalue weighted by atomic mass is 19.1. The van der Waals surface area contributed by atoms with Gasteiger partial charge in [-0.2, -0.15) is 0 Å². The Kier molecular flexibility index (Phi) is 8.10. The van der Waals surface area contributed by atoms with Crippen LogP contribution in [0.15, 0.2) is 30.3 Å². The Bertz CT molecular complexity index is 820. The lowest BCUT2D eigenvalue weighted by atomic mass is 10.0. The minimum Gasteiger partial charge on any atom is -0.483 e. The van der Waals surface area contributed by atoms with Crippen LogP contribution in [-0.4, -0.2) is 36.3 Å². The van der Waals surface area contributed by atoms with Crippen molar-refractivity contribution < 1.29 is 23.4 Å². The van der Waals surface area contributed by atoms with Gasteiger partial charge in [0.1, 0.15) is 17.5 Å². The Morgan fingerprint density at radius 3 is 2.40 bits per heavy atom. The number of nitrogens with zero attached hydrogens (tertiary/aromatic N) is 1. The van der Waals surface area contributed by atoms with Crippen LogP contribution in [-0.2, 0) is 16.1 Å². The number of rotatable bonds is 7. The molecule has 2 fully saturated rings. The molecule has 2 aromatic rings. The third-order valence-corrected chi connectivity index (χ3v) is 5.20. The molecule has 1 aromatic heterocycles. The fraction of sp³-hybridized carbons (Fsp3) is 0.455. The SMILES string of the molecule is Fc1cc(F)cc(Nc2ccc(CNCC3CCOCC3)c(C3CC3)n2)c1.O=CO. The number of hydrogen-bond donors (Lipinski definition) is 3. The summed E-state index contributed by atoms with van der Waals surface area (Å²) in [6.45, 7) is 3.27. The molecule has 1 saturated heterocycles. The highest BCUT2D eigenvalue weighted by molar-refractivity contribution is 5.57. The summed E-state index contributed by atoms with van der Waals surface area (Å²) in [5.74, 6) is 0.591. The second-order valence-corrected chi connectivity index (χ2v) is 7.59. The first-order chi connectivity index (χ1) is 14.6. The molecule has 0 amide bonds. The van der Waals surface area contributed by atoms with Crippen LogP contribution in [0.1, 0.15) is 42.9 Å². The third-order valence-electron chi connectivity index (χ3n) is 5.20. The van der Waals surface area contributed by atoms with Gasteiger partial charge in [0, 0.05) is 37.4 Å². The van der Waals surface area contributed by atoms with E-state index in [1.807, 2.05) is 6.07 Å². The molecule has 2 aliphatic rings. The smallest absolute Gasteiger partial charge is 0.290 e. The molecule has 0 spiro atoms. The monoisotopic (exact) mass is 419 g/mol. The molecule has 1 aliphatic heterocycles. The van der Waals surface area contributed by atoms with Crippen LogP contribution in [0.2, 0.25) is 0 Å². The Labute approximate surface area is 174 Å². The van der Waals surface area contributed by atoms with E-state index in [0.29, 0.717) is 23.3 Å². The van der Waals surface area contributed by atoms with E-state index in [0.717, 1.165) is 63.7 Å². The summed E-state index contributed by atoms with van der Waals surface area (Å²) in [4.78, 5) is 13.1. The van der Waals surface area contributed by atoms with E-state index < -0.39 is 11.6 Å². The molecule has 1 aliphatic carbocycles. The maximum atomic E-state index is 13.4. The van der Waals surface area contributed by atoms with Crippen molar-refractivity contribution in [3.63, 3.8) is 0 Å². The standard InChI is InChI=1S/C21H25F2N3O.CH2O2/c22-17-9-18(23)11-19(10-17)25-20-4-3-16(21(26-20)15-1-2-15)13-24-12-14-5-7-27-8-6-14;2-1-3/h3-4,9-11,14-15,24H,1-2,5-8,12-13H2,(H,25,26);1H,(H,2,3). The number of nitrogens with one attached hydrogen (secondary N) is 2. The van der Waals surface area contributed by atoms with Crippen LogP contribution >= 0.6 is 0 Å². The number of carbonyl (C=O) groups is 1. The number of ether oxygens (including phenoxy) is 1. The molecule has 0 bridgehead atoms. The van der Waals surface area contributed by atoms with E-state index in [1.54, 1.807) is 0 Å². The van der Waals surface area contributed by atoms with Crippen molar-refractivity contribution in [2.45, 2.75) is 38.1 Å². The fourth-order valence-corrected chi connectivity index (χ4v) is 3.57. The second-order valence-electron chi connectivity index (χ2n) is 7.59. The number of pyridine rings is 1. The van der Waals surface area contributed by atoms with Crippen molar-refractivity contribution >= 4 is 18.0 Å². The van der Waals surface area contributed by atoms with E-state index in [4.69, 9.17) is 19.6 Å². The molecule has 3 N–H and O–H groups in total. The first kappa shape index (κ1) is 22.1. The van der Waals surface area contributed by atoms with Gasteiger partial charge < -0.3 is 20.5 Å². The van der Waals surface area contributed by atoms with Crippen molar-refractivity contribution in [2.24, 2.45) is 5.92 Å². The van der Waals surface area contributed by atoms with Gasteiger partial charge in [0.2, 0.25) is 0 Å². The van der Waals surface area contributed by atoms with Crippen LogP contribution in [0.25, 0.3) is 0 Å². The molecule has 0 unspecified atom stereocenters. The minimum atomic E-state index is -0.603. The molecule has 30 heavy (non-hydrogen) atoms. The summed E-state index contributed by atoms with van der Waals surface area (Å²) < 4.78 is 32.2. The number of aromatic nitrogens is 1. The lowest BCUT2D eigenvalue weighted by Gasteiger charge is -2.22. The van der Waals surface area contributed by atoms with E-state index in [1.165, 1.54) is 17.7 Å². The summed E-state index contributed by atoms with van der Waals surface area (Å²) >= 11 is 0. The number of benzene rings is 1. The molecule has 0 radical (unpaired) electrons. The highest BCUT2D eigenvalue weighted by Gasteiger charge is 2.28. The Balaban J connectivity index is 0.000000806. The number of anilines is 2. The normalized spacial score (nSPS) is 16.5. The zero-order valence-corrected chi connectivity index (χ0v) is 16.7. The molecule has 4 rings (SSSR count). The molecular formula is C22H27F2N3O3. The van der Waals surface area contributed by atoms with E-state index in [2.05, 4.69) is 16.7 Å². The summed E-state index contributed by atoms with van der Waals surface area (Å²) in [5, 5.41) is 13.5. The average Bonchev–Trinajstić information content (AvgIpc) is 3.55. The van der Waals surface area contributed by atoms with Gasteiger partial charge in [0.15, 0.2) is 0 Å². The number of halogens is 2. The van der Waals surface area contributed by atoms with Gasteiger partial charge >= 0.3 is 0 Å². The van der Waals surface area contributed by atoms with Crippen LogP contribution in [0.5, 0.6) is 0 Å². The van der Waals surface area contributed by atoms with Crippen molar-refractivity contribution in [3.8, 4) is 0 Å². The Morgan fingerprint density at radius 1 is 1.10 bits per heavy atom. The van der Waals surface area contributed by atoms with E-state index in [9.17, 15) is 8.78 Å². The predicted octanol–water partition coefficient (Wildman–Crippen LogP) is 4.20. The Hall–Kier alpha value is -2.58. The van der Waals surface area contributed by atoms with Crippen LogP contribution in [0.4, 0.5) is 20.3 Å². The van der Waals surface area contributed by atoms with Gasteiger partial charge in [-0.1, -0.05) is 6.07 Å². The lowest BCUT2D eigenvalue weighted by molar-refractivity contribution is -0.122. The zero-order chi connectivity index (χ0) is 21.3. The lowest BCUT2D eigenvalue weighted by Crippen LogP contribution is -2.27. The van der Waals surface area contributed by atoms with Crippen LogP contribution in [0.3, 0.4) is 0 Å². The van der Waals surface area contributed by atoms with Gasteiger partial charge in [-0.05, 0) is 61.9 Å². The fourth-order valence-electron chi connectivity index (χ4n) is 3.57. The van der Waals surface area contributed by atoms with E-state index in [-0.39, 0.29) is 6.47 Å². The van der Waals surface area contributed by atoms with Crippen molar-refractivity contribution in [1.82, 2.24) is 10.3 Å². The first-order valence-electron chi connectivity index (χ1n) is 10.2. The van der Waals surface area contributed by atoms with Crippen molar-refractivity contribution in [2.75, 3.05) is 25.1 Å². The maximum Gasteiger partial charge on any atom is 0.290 e. The average molecular weight is 419 g/mol. The molecular weight excluding hydrogens is 392 g/mol. The summed E-state index contributed by atoms with van der Waals surface area (Å²) in [6.07, 6.45) is 4.54. The molecule has 6 nitrogen and oxygen atoms in total. The predicted molar refractivity (Wildman–Crippen MR) is 110 cm³/mol. The van der Waals surface area contributed by atoms with Gasteiger partial charge in [-0.25, -0.2) is 13.8 Å². The topological polar surface area (TPSA) is 83.5 Å². The largest absolute Gasteiger partial charge is 0.483 e. The van der Waals surface area contributed by atoms with E-state index >= 15 is 0 Å². The summed E-state index contributed by atoms with van der Waals surface area (Å²) in [6, 6.07) is 7.34. The maximum absolute atomic E-state index is 13.4. The number of hydrogen-bond acceptors (Lipinski definition) is 5. The van der Waals surface area contributed by atoms with Crippen LogP contribution < -0.4 is 10.6 Å². The molecule has 0 atom stereocenters. The zero-order valence-electron chi connectivity index (χ0n) is 16.7. The van der Waals surface area contributed by atoms with Gasteiger partial charge in [0.05, 0.1) is 5.69 Å². The molecule has 1 saturated carbocycles. The van der Waals surface area contributed by atoms with Crippen molar-refractivity contribution in [1.29, 1.82) is 0 Å². The van der Waals surface area contributed by atoms with Crippen LogP contribution in [0, 0.1) is 17.6 Å². The van der Waals surface area contributed by atoms with Crippen molar-refractivity contribution in [3.05, 3.63) is 53.2 Å². The second kappa shape index (κ2) is 11.0. The summed E-state index contributed by atoms with van der Waals surface area (Å²) in [7, 11) is 0. The molecule has 1 aromatic carbocycles. The number of carboxylic acid groups (broad SMARTS) is 1. The van der Waals surface area contributed by atoms with Gasteiger partial charge in [-0.15, -0.1) is 0 Å². The first-order valence-corrected chi connectivity index (χ1v) is 10.2. The highest BCUT2D eigenvalue weighted by Crippen LogP contribution is 2.41. The summed E-state index contributed by atoms with van der Waals surface area (Å²) in [5.41, 5.74) is 2.67. The Morgan fingerprint density at radius 2 is 1.77 bits per heavy atom. The molecule has 162 valence electrons. The quantitative estimate of drug-likeness (QED) is 0.584. The van der Waals surface area contributed by atoms with Gasteiger partial charge in [-0.3, -0.25) is 4.79 Å². The molecule has 2 heterocycles. The van der Waals surface area contributed by atoms with Gasteiger partial charge in [0.25, 0.3) is 6.47 Å². The molecule has 8 heteroatoms. The minimum absolute atomic E-state index is 0.250.